The number of halogens is 1. The van der Waals surface area contributed by atoms with Gasteiger partial charge in [0.05, 0.1) is 4.92 Å². The predicted octanol–water partition coefficient (Wildman–Crippen LogP) is 3.95. The van der Waals surface area contributed by atoms with E-state index in [0.29, 0.717) is 11.1 Å². The van der Waals surface area contributed by atoms with E-state index in [2.05, 4.69) is 15.9 Å². The molecule has 4 nitrogen and oxygen atoms in total. The Morgan fingerprint density at radius 3 is 2.20 bits per heavy atom. The minimum absolute atomic E-state index is 0.299. The predicted molar refractivity (Wildman–Crippen MR) is 79.9 cm³/mol. The monoisotopic (exact) mass is 331 g/mol. The number of carbonyl (C=O) groups excluding carboxylic acids is 1. The molecule has 0 saturated carbocycles. The second kappa shape index (κ2) is 6.25. The van der Waals surface area contributed by atoms with Crippen LogP contribution < -0.4 is 0 Å². The maximum atomic E-state index is 12.1. The van der Waals surface area contributed by atoms with Crippen LogP contribution in [0.4, 0.5) is 0 Å². The molecule has 0 radical (unpaired) electrons. The van der Waals surface area contributed by atoms with Gasteiger partial charge >= 0.3 is 5.70 Å². The van der Waals surface area contributed by atoms with E-state index in [1.54, 1.807) is 54.6 Å². The van der Waals surface area contributed by atoms with Gasteiger partial charge in [-0.3, -0.25) is 14.9 Å². The summed E-state index contributed by atoms with van der Waals surface area (Å²) < 4.78 is 0.867. The fourth-order valence-corrected chi connectivity index (χ4v) is 1.92. The summed E-state index contributed by atoms with van der Waals surface area (Å²) in [5.74, 6) is -0.599. The number of hydrogen-bond acceptors (Lipinski definition) is 3. The molecule has 0 bridgehead atoms. The number of Topliss-reactive ketones (excluding diaryl/α,β-unsaturated/α-hetero) is 1. The molecule has 0 aromatic heterocycles. The van der Waals surface area contributed by atoms with Gasteiger partial charge in [0, 0.05) is 16.1 Å². The average molecular weight is 332 g/mol. The number of nitrogens with zero attached hydrogens (tertiary/aromatic N) is 1. The highest BCUT2D eigenvalue weighted by molar-refractivity contribution is 9.10. The van der Waals surface area contributed by atoms with E-state index in [1.807, 2.05) is 0 Å². The number of hydrogen-bond donors (Lipinski definition) is 0. The van der Waals surface area contributed by atoms with Crippen molar-refractivity contribution in [1.29, 1.82) is 0 Å². The summed E-state index contributed by atoms with van der Waals surface area (Å²) >= 11 is 3.28. The Bertz CT molecular complexity index is 663. The molecule has 100 valence electrons. The first-order valence-electron chi connectivity index (χ1n) is 5.79. The summed E-state index contributed by atoms with van der Waals surface area (Å²) in [6.07, 6.45) is 1.28. The van der Waals surface area contributed by atoms with Crippen LogP contribution in [0.3, 0.4) is 0 Å². The molecule has 0 saturated heterocycles. The molecule has 0 aliphatic heterocycles. The van der Waals surface area contributed by atoms with Crippen LogP contribution in [0.2, 0.25) is 0 Å². The van der Waals surface area contributed by atoms with E-state index in [4.69, 9.17) is 0 Å². The van der Waals surface area contributed by atoms with Crippen molar-refractivity contribution in [2.75, 3.05) is 0 Å². The molecule has 2 aromatic rings. The molecule has 0 atom stereocenters. The molecule has 0 aliphatic rings. The van der Waals surface area contributed by atoms with Gasteiger partial charge in [-0.1, -0.05) is 58.4 Å². The minimum Gasteiger partial charge on any atom is -0.282 e. The van der Waals surface area contributed by atoms with Gasteiger partial charge in [0.25, 0.3) is 5.78 Å². The Hall–Kier alpha value is -2.27. The molecule has 0 aliphatic carbocycles. The summed E-state index contributed by atoms with van der Waals surface area (Å²) in [6.45, 7) is 0. The van der Waals surface area contributed by atoms with Gasteiger partial charge in [-0.25, -0.2) is 0 Å². The molecular formula is C15H10BrNO3. The SMILES string of the molecule is O=C(/C(=C\c1ccc(Br)cc1)[N+](=O)[O-])c1ccccc1. The summed E-state index contributed by atoms with van der Waals surface area (Å²) in [6, 6.07) is 15.1. The Balaban J connectivity index is 2.39. The molecule has 20 heavy (non-hydrogen) atoms. The lowest BCUT2D eigenvalue weighted by Crippen LogP contribution is -2.11. The number of carbonyl (C=O) groups is 1. The first kappa shape index (κ1) is 14.1. The van der Waals surface area contributed by atoms with Crippen LogP contribution in [-0.2, 0) is 0 Å². The Morgan fingerprint density at radius 2 is 1.65 bits per heavy atom. The molecule has 0 amide bonds. The average Bonchev–Trinajstić information content (AvgIpc) is 2.46. The smallest absolute Gasteiger partial charge is 0.282 e. The number of rotatable bonds is 4. The van der Waals surface area contributed by atoms with Gasteiger partial charge in [0.2, 0.25) is 0 Å². The Labute approximate surface area is 124 Å². The quantitative estimate of drug-likeness (QED) is 0.369. The first-order valence-corrected chi connectivity index (χ1v) is 6.58. The van der Waals surface area contributed by atoms with Crippen molar-refractivity contribution in [2.24, 2.45) is 0 Å². The van der Waals surface area contributed by atoms with Gasteiger partial charge < -0.3 is 0 Å². The van der Waals surface area contributed by atoms with E-state index < -0.39 is 16.4 Å². The second-order valence-electron chi connectivity index (χ2n) is 4.03. The zero-order valence-electron chi connectivity index (χ0n) is 10.3. The van der Waals surface area contributed by atoms with Crippen LogP contribution in [0.1, 0.15) is 15.9 Å². The number of benzene rings is 2. The summed E-state index contributed by atoms with van der Waals surface area (Å²) in [5.41, 5.74) is 0.454. The molecule has 2 aromatic carbocycles. The molecular weight excluding hydrogens is 322 g/mol. The highest BCUT2D eigenvalue weighted by Gasteiger charge is 2.23. The molecule has 5 heteroatoms. The number of nitro groups is 1. The number of allylic oxidation sites excluding steroid dienone is 1. The maximum absolute atomic E-state index is 12.1. The van der Waals surface area contributed by atoms with Crippen molar-refractivity contribution in [3.63, 3.8) is 0 Å². The van der Waals surface area contributed by atoms with Crippen LogP contribution in [0.15, 0.2) is 64.8 Å². The van der Waals surface area contributed by atoms with Gasteiger partial charge in [-0.05, 0) is 17.7 Å². The van der Waals surface area contributed by atoms with Crippen molar-refractivity contribution in [2.45, 2.75) is 0 Å². The lowest BCUT2D eigenvalue weighted by atomic mass is 10.1. The van der Waals surface area contributed by atoms with E-state index >= 15 is 0 Å². The highest BCUT2D eigenvalue weighted by atomic mass is 79.9. The third kappa shape index (κ3) is 3.39. The van der Waals surface area contributed by atoms with Crippen LogP contribution >= 0.6 is 15.9 Å². The fourth-order valence-electron chi connectivity index (χ4n) is 1.66. The van der Waals surface area contributed by atoms with Crippen molar-refractivity contribution >= 4 is 27.8 Å². The molecule has 0 spiro atoms. The zero-order chi connectivity index (χ0) is 14.5. The first-order chi connectivity index (χ1) is 9.58. The van der Waals surface area contributed by atoms with Crippen molar-refractivity contribution < 1.29 is 9.72 Å². The van der Waals surface area contributed by atoms with Crippen LogP contribution in [0, 0.1) is 10.1 Å². The Morgan fingerprint density at radius 1 is 1.05 bits per heavy atom. The van der Waals surface area contributed by atoms with E-state index in [-0.39, 0.29) is 0 Å². The fraction of sp³-hybridized carbons (Fsp3) is 0. The molecule has 0 unspecified atom stereocenters. The van der Waals surface area contributed by atoms with Crippen LogP contribution in [-0.4, -0.2) is 10.7 Å². The third-order valence-corrected chi connectivity index (χ3v) is 3.17. The van der Waals surface area contributed by atoms with E-state index in [0.717, 1.165) is 4.47 Å². The van der Waals surface area contributed by atoms with Crippen molar-refractivity contribution in [3.8, 4) is 0 Å². The largest absolute Gasteiger partial charge is 0.317 e. The lowest BCUT2D eigenvalue weighted by Gasteiger charge is -1.99. The van der Waals surface area contributed by atoms with Crippen LogP contribution in [0.25, 0.3) is 6.08 Å². The molecule has 0 fully saturated rings. The standard InChI is InChI=1S/C15H10BrNO3/c16-13-8-6-11(7-9-13)10-14(17(19)20)15(18)12-4-2-1-3-5-12/h1-10H/b14-10+. The third-order valence-electron chi connectivity index (χ3n) is 2.64. The van der Waals surface area contributed by atoms with Crippen molar-refractivity contribution in [1.82, 2.24) is 0 Å². The molecule has 0 N–H and O–H groups in total. The Kier molecular flexibility index (Phi) is 4.42. The van der Waals surface area contributed by atoms with Crippen LogP contribution in [0.5, 0.6) is 0 Å². The van der Waals surface area contributed by atoms with Crippen molar-refractivity contribution in [3.05, 3.63) is 86.0 Å². The van der Waals surface area contributed by atoms with Gasteiger partial charge in [0.15, 0.2) is 0 Å². The van der Waals surface area contributed by atoms with Gasteiger partial charge in [-0.15, -0.1) is 0 Å². The van der Waals surface area contributed by atoms with E-state index in [1.165, 1.54) is 6.08 Å². The topological polar surface area (TPSA) is 60.2 Å². The van der Waals surface area contributed by atoms with Gasteiger partial charge in [0.1, 0.15) is 0 Å². The zero-order valence-corrected chi connectivity index (χ0v) is 11.9. The van der Waals surface area contributed by atoms with Gasteiger partial charge in [-0.2, -0.15) is 0 Å². The number of ketones is 1. The molecule has 2 rings (SSSR count). The van der Waals surface area contributed by atoms with E-state index in [9.17, 15) is 14.9 Å². The second-order valence-corrected chi connectivity index (χ2v) is 4.95. The summed E-state index contributed by atoms with van der Waals surface area (Å²) in [7, 11) is 0. The highest BCUT2D eigenvalue weighted by Crippen LogP contribution is 2.16. The maximum Gasteiger partial charge on any atom is 0.317 e. The lowest BCUT2D eigenvalue weighted by molar-refractivity contribution is -0.415. The summed E-state index contributed by atoms with van der Waals surface area (Å²) in [5, 5.41) is 11.1. The molecule has 0 heterocycles. The summed E-state index contributed by atoms with van der Waals surface area (Å²) in [4.78, 5) is 22.6. The normalized spacial score (nSPS) is 11.2. The minimum atomic E-state index is -0.655.